The Labute approximate surface area is 101 Å². The van der Waals surface area contributed by atoms with E-state index in [1.807, 2.05) is 20.8 Å². The molecule has 0 aromatic heterocycles. The van der Waals surface area contributed by atoms with E-state index in [1.54, 1.807) is 4.90 Å². The maximum atomic E-state index is 11.9. The Kier molecular flexibility index (Phi) is 3.10. The minimum absolute atomic E-state index is 0.0363. The number of hydrogen-bond donors (Lipinski definition) is 0. The summed E-state index contributed by atoms with van der Waals surface area (Å²) in [6.45, 7) is 7.04. The molecule has 1 aliphatic carbocycles. The van der Waals surface area contributed by atoms with Crippen LogP contribution in [-0.4, -0.2) is 35.7 Å². The van der Waals surface area contributed by atoms with Gasteiger partial charge < -0.3 is 9.64 Å². The monoisotopic (exact) mass is 240 g/mol. The van der Waals surface area contributed by atoms with E-state index in [0.29, 0.717) is 24.9 Å². The van der Waals surface area contributed by atoms with Crippen molar-refractivity contribution < 1.29 is 9.53 Å². The summed E-state index contributed by atoms with van der Waals surface area (Å²) < 4.78 is 5.34. The van der Waals surface area contributed by atoms with E-state index in [-0.39, 0.29) is 12.1 Å². The maximum Gasteiger partial charge on any atom is 0.410 e. The van der Waals surface area contributed by atoms with Crippen molar-refractivity contribution in [3.8, 4) is 0 Å². The second-order valence-corrected chi connectivity index (χ2v) is 6.14. The van der Waals surface area contributed by atoms with Crippen molar-refractivity contribution >= 4 is 6.09 Å². The van der Waals surface area contributed by atoms with Gasteiger partial charge in [-0.15, -0.1) is 0 Å². The third-order valence-corrected chi connectivity index (χ3v) is 3.53. The zero-order chi connectivity index (χ0) is 12.6. The van der Waals surface area contributed by atoms with Crippen molar-refractivity contribution in [2.24, 2.45) is 17.0 Å². The number of carbonyl (C=O) groups is 1. The van der Waals surface area contributed by atoms with Gasteiger partial charge in [-0.2, -0.15) is 4.91 Å². The summed E-state index contributed by atoms with van der Waals surface area (Å²) in [5, 5.41) is 3.11. The third-order valence-electron chi connectivity index (χ3n) is 3.53. The standard InChI is InChI=1S/C12H20N2O3/c1-12(2,3)17-11(15)14-6-8-4-10(13-16)5-9(8)7-14/h8-10H,4-7H2,1-3H3/t8-,9+,10-. The van der Waals surface area contributed by atoms with E-state index in [4.69, 9.17) is 4.74 Å². The Morgan fingerprint density at radius 3 is 2.18 bits per heavy atom. The lowest BCUT2D eigenvalue weighted by atomic mass is 10.0. The van der Waals surface area contributed by atoms with Crippen LogP contribution >= 0.6 is 0 Å². The summed E-state index contributed by atoms with van der Waals surface area (Å²) in [7, 11) is 0. The second-order valence-electron chi connectivity index (χ2n) is 6.14. The number of rotatable bonds is 1. The molecule has 1 heterocycles. The lowest BCUT2D eigenvalue weighted by Crippen LogP contribution is -2.36. The lowest BCUT2D eigenvalue weighted by molar-refractivity contribution is 0.0279. The average Bonchev–Trinajstić information content (AvgIpc) is 2.70. The Balaban J connectivity index is 1.88. The van der Waals surface area contributed by atoms with Gasteiger partial charge >= 0.3 is 6.09 Å². The van der Waals surface area contributed by atoms with Gasteiger partial charge in [-0.05, 0) is 45.4 Å². The lowest BCUT2D eigenvalue weighted by Gasteiger charge is -2.25. The maximum absolute atomic E-state index is 11.9. The number of nitrogens with zero attached hydrogens (tertiary/aromatic N) is 2. The van der Waals surface area contributed by atoms with E-state index < -0.39 is 5.60 Å². The van der Waals surface area contributed by atoms with E-state index >= 15 is 0 Å². The van der Waals surface area contributed by atoms with Gasteiger partial charge in [0.25, 0.3) is 0 Å². The highest BCUT2D eigenvalue weighted by Crippen LogP contribution is 2.39. The van der Waals surface area contributed by atoms with Crippen molar-refractivity contribution in [1.29, 1.82) is 0 Å². The van der Waals surface area contributed by atoms with Crippen molar-refractivity contribution in [3.63, 3.8) is 0 Å². The third kappa shape index (κ3) is 2.76. The fourth-order valence-corrected chi connectivity index (χ4v) is 2.83. The first-order chi connectivity index (χ1) is 7.89. The van der Waals surface area contributed by atoms with E-state index in [9.17, 15) is 9.70 Å². The molecule has 0 spiro atoms. The summed E-state index contributed by atoms with van der Waals surface area (Å²) in [5.41, 5.74) is -0.443. The van der Waals surface area contributed by atoms with Crippen LogP contribution in [0.4, 0.5) is 4.79 Å². The molecular weight excluding hydrogens is 220 g/mol. The molecule has 0 radical (unpaired) electrons. The predicted octanol–water partition coefficient (Wildman–Crippen LogP) is 2.40. The van der Waals surface area contributed by atoms with Gasteiger partial charge in [0.15, 0.2) is 0 Å². The Morgan fingerprint density at radius 2 is 1.76 bits per heavy atom. The molecule has 3 atom stereocenters. The van der Waals surface area contributed by atoms with E-state index in [0.717, 1.165) is 12.8 Å². The summed E-state index contributed by atoms with van der Waals surface area (Å²) in [6.07, 6.45) is 1.42. The van der Waals surface area contributed by atoms with Crippen molar-refractivity contribution in [3.05, 3.63) is 4.91 Å². The second kappa shape index (κ2) is 4.27. The molecule has 5 heteroatoms. The highest BCUT2D eigenvalue weighted by molar-refractivity contribution is 5.68. The van der Waals surface area contributed by atoms with Crippen LogP contribution in [0, 0.1) is 16.7 Å². The highest BCUT2D eigenvalue weighted by atomic mass is 16.6. The molecule has 1 aliphatic heterocycles. The normalized spacial score (nSPS) is 32.4. The highest BCUT2D eigenvalue weighted by Gasteiger charge is 2.43. The largest absolute Gasteiger partial charge is 0.444 e. The van der Waals surface area contributed by atoms with Gasteiger partial charge in [0, 0.05) is 13.1 Å². The van der Waals surface area contributed by atoms with Gasteiger partial charge in [-0.1, -0.05) is 5.18 Å². The van der Waals surface area contributed by atoms with Crippen LogP contribution < -0.4 is 0 Å². The van der Waals surface area contributed by atoms with Gasteiger partial charge in [0.2, 0.25) is 0 Å². The molecule has 0 unspecified atom stereocenters. The first-order valence-electron chi connectivity index (χ1n) is 6.19. The molecule has 0 aromatic carbocycles. The van der Waals surface area contributed by atoms with E-state index in [1.165, 1.54) is 0 Å². The number of likely N-dealkylation sites (tertiary alicyclic amines) is 1. The SMILES string of the molecule is CC(C)(C)OC(=O)N1C[C@H]2C[C@@H](N=O)C[C@H]2C1. The molecule has 0 N–H and O–H groups in total. The molecule has 17 heavy (non-hydrogen) atoms. The summed E-state index contributed by atoms with van der Waals surface area (Å²) in [6, 6.07) is -0.0363. The predicted molar refractivity (Wildman–Crippen MR) is 63.6 cm³/mol. The van der Waals surface area contributed by atoms with Crippen LogP contribution in [0.15, 0.2) is 5.18 Å². The number of ether oxygens (including phenoxy) is 1. The molecule has 1 amide bonds. The first-order valence-corrected chi connectivity index (χ1v) is 6.19. The van der Waals surface area contributed by atoms with Crippen LogP contribution in [0.5, 0.6) is 0 Å². The Bertz CT molecular complexity index is 310. The molecule has 96 valence electrons. The molecular formula is C12H20N2O3. The van der Waals surface area contributed by atoms with Crippen LogP contribution in [0.25, 0.3) is 0 Å². The molecule has 1 saturated carbocycles. The van der Waals surface area contributed by atoms with Crippen molar-refractivity contribution in [1.82, 2.24) is 4.90 Å². The van der Waals surface area contributed by atoms with Gasteiger partial charge in [-0.3, -0.25) is 0 Å². The zero-order valence-electron chi connectivity index (χ0n) is 10.7. The molecule has 2 fully saturated rings. The fourth-order valence-electron chi connectivity index (χ4n) is 2.83. The topological polar surface area (TPSA) is 59.0 Å². The van der Waals surface area contributed by atoms with Crippen molar-refractivity contribution in [2.75, 3.05) is 13.1 Å². The van der Waals surface area contributed by atoms with Crippen LogP contribution in [-0.2, 0) is 4.74 Å². The fraction of sp³-hybridized carbons (Fsp3) is 0.917. The van der Waals surface area contributed by atoms with Crippen LogP contribution in [0.2, 0.25) is 0 Å². The van der Waals surface area contributed by atoms with Gasteiger partial charge in [0.1, 0.15) is 5.60 Å². The quantitative estimate of drug-likeness (QED) is 0.661. The molecule has 0 aromatic rings. The van der Waals surface area contributed by atoms with Crippen LogP contribution in [0.3, 0.4) is 0 Å². The number of fused-ring (bicyclic) bond motifs is 1. The molecule has 2 aliphatic rings. The molecule has 1 saturated heterocycles. The average molecular weight is 240 g/mol. The Morgan fingerprint density at radius 1 is 1.24 bits per heavy atom. The van der Waals surface area contributed by atoms with E-state index in [2.05, 4.69) is 5.18 Å². The minimum atomic E-state index is -0.443. The Hall–Kier alpha value is -1.13. The zero-order valence-corrected chi connectivity index (χ0v) is 10.7. The number of carbonyl (C=O) groups excluding carboxylic acids is 1. The van der Waals surface area contributed by atoms with Gasteiger partial charge in [-0.25, -0.2) is 4.79 Å². The summed E-state index contributed by atoms with van der Waals surface area (Å²) in [5.74, 6) is 0.871. The summed E-state index contributed by atoms with van der Waals surface area (Å²) >= 11 is 0. The number of nitroso groups, excluding NO2 is 1. The molecule has 0 bridgehead atoms. The van der Waals surface area contributed by atoms with Crippen molar-refractivity contribution in [2.45, 2.75) is 45.3 Å². The summed E-state index contributed by atoms with van der Waals surface area (Å²) in [4.78, 5) is 24.1. The van der Waals surface area contributed by atoms with Gasteiger partial charge in [0.05, 0.1) is 6.04 Å². The van der Waals surface area contributed by atoms with Crippen LogP contribution in [0.1, 0.15) is 33.6 Å². The molecule has 5 nitrogen and oxygen atoms in total. The smallest absolute Gasteiger partial charge is 0.410 e. The molecule has 2 rings (SSSR count). The number of hydrogen-bond acceptors (Lipinski definition) is 4. The first kappa shape index (κ1) is 12.3. The number of amides is 1. The minimum Gasteiger partial charge on any atom is -0.444 e.